The molecule has 0 aliphatic rings. The number of nitrogens with zero attached hydrogens (tertiary/aromatic N) is 3. The Balaban J connectivity index is 2.17. The van der Waals surface area contributed by atoms with E-state index in [9.17, 15) is 18.0 Å². The van der Waals surface area contributed by atoms with Crippen molar-refractivity contribution >= 4 is 29.2 Å². The normalized spacial score (nSPS) is 11.9. The Morgan fingerprint density at radius 2 is 1.93 bits per heavy atom. The van der Waals surface area contributed by atoms with Crippen LogP contribution in [0.1, 0.15) is 23.6 Å². The van der Waals surface area contributed by atoms with E-state index in [4.69, 9.17) is 16.3 Å². The molecule has 3 N–H and O–H groups in total. The molecule has 0 spiro atoms. The molecule has 138 valence electrons. The minimum absolute atomic E-state index is 0.00455. The Morgan fingerprint density at radius 1 is 1.26 bits per heavy atom. The summed E-state index contributed by atoms with van der Waals surface area (Å²) >= 11 is 0.908. The Bertz CT molecular complexity index is 963. The van der Waals surface area contributed by atoms with E-state index in [1.165, 1.54) is 25.1 Å². The van der Waals surface area contributed by atoms with E-state index < -0.39 is 22.9 Å². The van der Waals surface area contributed by atoms with Gasteiger partial charge in [-0.15, -0.1) is 0 Å². The second-order valence-electron chi connectivity index (χ2n) is 5.33. The summed E-state index contributed by atoms with van der Waals surface area (Å²) in [5, 5.41) is 19.8. The number of hydrogen-bond acceptors (Lipinski definition) is 6. The molecule has 2 rings (SSSR count). The molecule has 0 radical (unpaired) electrons. The second kappa shape index (κ2) is 7.98. The average molecular weight is 391 g/mol. The Hall–Kier alpha value is -3.24. The van der Waals surface area contributed by atoms with Crippen LogP contribution >= 0.6 is 11.8 Å². The van der Waals surface area contributed by atoms with Gasteiger partial charge in [0, 0.05) is 5.69 Å². The SMILES string of the molecule is C[C@H](Sc1nc(N)c(C#N)cc1C#N)C(=O)Nc1cccc(C(F)(F)F)c1. The summed E-state index contributed by atoms with van der Waals surface area (Å²) in [6, 6.07) is 9.19. The van der Waals surface area contributed by atoms with Gasteiger partial charge in [-0.1, -0.05) is 17.8 Å². The Kier molecular flexibility index (Phi) is 5.93. The third-order valence-corrected chi connectivity index (χ3v) is 4.48. The largest absolute Gasteiger partial charge is 0.416 e. The van der Waals surface area contributed by atoms with Crippen LogP contribution in [0.15, 0.2) is 35.4 Å². The van der Waals surface area contributed by atoms with Crippen molar-refractivity contribution in [2.75, 3.05) is 11.1 Å². The lowest BCUT2D eigenvalue weighted by atomic mass is 10.2. The summed E-state index contributed by atoms with van der Waals surface area (Å²) in [6.45, 7) is 1.50. The van der Waals surface area contributed by atoms with Gasteiger partial charge in [0.15, 0.2) is 0 Å². The van der Waals surface area contributed by atoms with Crippen molar-refractivity contribution in [1.82, 2.24) is 4.98 Å². The molecule has 1 aromatic carbocycles. The highest BCUT2D eigenvalue weighted by molar-refractivity contribution is 8.00. The number of nitrogens with one attached hydrogen (secondary N) is 1. The number of nitrogens with two attached hydrogens (primary N) is 1. The van der Waals surface area contributed by atoms with Crippen LogP contribution in [0.3, 0.4) is 0 Å². The van der Waals surface area contributed by atoms with Crippen molar-refractivity contribution in [3.8, 4) is 12.1 Å². The van der Waals surface area contributed by atoms with Crippen LogP contribution in [0, 0.1) is 22.7 Å². The zero-order valence-corrected chi connectivity index (χ0v) is 14.6. The molecule has 0 saturated carbocycles. The molecule has 1 atom stereocenters. The van der Waals surface area contributed by atoms with Crippen molar-refractivity contribution in [3.63, 3.8) is 0 Å². The number of amides is 1. The molecule has 2 aromatic rings. The van der Waals surface area contributed by atoms with Gasteiger partial charge in [-0.25, -0.2) is 4.98 Å². The fourth-order valence-electron chi connectivity index (χ4n) is 2.01. The molecular formula is C17H12F3N5OS. The molecular weight excluding hydrogens is 379 g/mol. The summed E-state index contributed by atoms with van der Waals surface area (Å²) < 4.78 is 38.2. The zero-order chi connectivity index (χ0) is 20.2. The molecule has 0 saturated heterocycles. The molecule has 0 aliphatic carbocycles. The fourth-order valence-corrected chi connectivity index (χ4v) is 2.89. The first kappa shape index (κ1) is 20.1. The predicted molar refractivity (Wildman–Crippen MR) is 93.5 cm³/mol. The number of nitrogen functional groups attached to an aromatic ring is 1. The first-order valence-electron chi connectivity index (χ1n) is 7.41. The molecule has 1 amide bonds. The van der Waals surface area contributed by atoms with Gasteiger partial charge < -0.3 is 11.1 Å². The molecule has 6 nitrogen and oxygen atoms in total. The number of benzene rings is 1. The second-order valence-corrected chi connectivity index (χ2v) is 6.65. The minimum Gasteiger partial charge on any atom is -0.383 e. The van der Waals surface area contributed by atoms with Crippen LogP contribution in [0.25, 0.3) is 0 Å². The van der Waals surface area contributed by atoms with Gasteiger partial charge in [0.2, 0.25) is 5.91 Å². The predicted octanol–water partition coefficient (Wildman–Crippen LogP) is 3.55. The van der Waals surface area contributed by atoms with Gasteiger partial charge in [-0.3, -0.25) is 4.79 Å². The van der Waals surface area contributed by atoms with E-state index in [1.54, 1.807) is 6.07 Å². The van der Waals surface area contributed by atoms with E-state index in [-0.39, 0.29) is 27.7 Å². The van der Waals surface area contributed by atoms with E-state index in [2.05, 4.69) is 10.3 Å². The van der Waals surface area contributed by atoms with Crippen molar-refractivity contribution in [2.45, 2.75) is 23.4 Å². The topological polar surface area (TPSA) is 116 Å². The highest BCUT2D eigenvalue weighted by atomic mass is 32.2. The molecule has 0 bridgehead atoms. The molecule has 10 heteroatoms. The van der Waals surface area contributed by atoms with E-state index in [1.807, 2.05) is 6.07 Å². The maximum absolute atomic E-state index is 12.7. The number of halogens is 3. The first-order chi connectivity index (χ1) is 12.7. The smallest absolute Gasteiger partial charge is 0.383 e. The van der Waals surface area contributed by atoms with Gasteiger partial charge in [-0.05, 0) is 31.2 Å². The molecule has 27 heavy (non-hydrogen) atoms. The van der Waals surface area contributed by atoms with Crippen LogP contribution in [0.5, 0.6) is 0 Å². The number of pyridine rings is 1. The minimum atomic E-state index is -4.52. The van der Waals surface area contributed by atoms with Gasteiger partial charge in [0.1, 0.15) is 23.0 Å². The van der Waals surface area contributed by atoms with Crippen molar-refractivity contribution in [3.05, 3.63) is 47.0 Å². The van der Waals surface area contributed by atoms with Crippen LogP contribution in [0.4, 0.5) is 24.7 Å². The molecule has 0 aliphatic heterocycles. The highest BCUT2D eigenvalue weighted by Gasteiger charge is 2.30. The number of alkyl halides is 3. The fraction of sp³-hybridized carbons (Fsp3) is 0.176. The van der Waals surface area contributed by atoms with Crippen LogP contribution < -0.4 is 11.1 Å². The molecule has 0 unspecified atom stereocenters. The number of carbonyl (C=O) groups excluding carboxylic acids is 1. The van der Waals surface area contributed by atoms with E-state index in [0.29, 0.717) is 0 Å². The van der Waals surface area contributed by atoms with Crippen molar-refractivity contribution in [1.29, 1.82) is 10.5 Å². The van der Waals surface area contributed by atoms with E-state index in [0.717, 1.165) is 23.9 Å². The monoisotopic (exact) mass is 391 g/mol. The number of hydrogen-bond donors (Lipinski definition) is 2. The number of anilines is 2. The van der Waals surface area contributed by atoms with Gasteiger partial charge >= 0.3 is 6.18 Å². The molecule has 1 aromatic heterocycles. The van der Waals surface area contributed by atoms with Crippen molar-refractivity contribution in [2.24, 2.45) is 0 Å². The maximum Gasteiger partial charge on any atom is 0.416 e. The number of thioether (sulfide) groups is 1. The summed E-state index contributed by atoms with van der Waals surface area (Å²) in [5.74, 6) is -0.655. The first-order valence-corrected chi connectivity index (χ1v) is 8.29. The number of aromatic nitrogens is 1. The summed E-state index contributed by atoms with van der Waals surface area (Å²) in [7, 11) is 0. The van der Waals surface area contributed by atoms with Crippen LogP contribution in [-0.2, 0) is 11.0 Å². The summed E-state index contributed by atoms with van der Waals surface area (Å²) in [5.41, 5.74) is 4.85. The van der Waals surface area contributed by atoms with Gasteiger partial charge in [-0.2, -0.15) is 23.7 Å². The average Bonchev–Trinajstić information content (AvgIpc) is 2.61. The third-order valence-electron chi connectivity index (χ3n) is 3.37. The lowest BCUT2D eigenvalue weighted by Gasteiger charge is -2.14. The summed E-state index contributed by atoms with van der Waals surface area (Å²) in [4.78, 5) is 16.2. The third kappa shape index (κ3) is 4.90. The summed E-state index contributed by atoms with van der Waals surface area (Å²) in [6.07, 6.45) is -4.52. The van der Waals surface area contributed by atoms with Crippen LogP contribution in [0.2, 0.25) is 0 Å². The Morgan fingerprint density at radius 3 is 2.52 bits per heavy atom. The molecule has 0 fully saturated rings. The maximum atomic E-state index is 12.7. The number of nitriles is 2. The standard InChI is InChI=1S/C17H12F3N5OS/c1-9(27-16-11(8-22)5-10(7-21)14(23)25-16)15(26)24-13-4-2-3-12(6-13)17(18,19)20/h2-6,9H,1H3,(H2,23,25)(H,24,26)/t9-/m0/s1. The molecule has 1 heterocycles. The van der Waals surface area contributed by atoms with Crippen molar-refractivity contribution < 1.29 is 18.0 Å². The zero-order valence-electron chi connectivity index (χ0n) is 13.8. The quantitative estimate of drug-likeness (QED) is 0.770. The van der Waals surface area contributed by atoms with Gasteiger partial charge in [0.25, 0.3) is 0 Å². The lowest BCUT2D eigenvalue weighted by Crippen LogP contribution is -2.23. The van der Waals surface area contributed by atoms with E-state index >= 15 is 0 Å². The number of carbonyl (C=O) groups is 1. The number of rotatable bonds is 4. The lowest BCUT2D eigenvalue weighted by molar-refractivity contribution is -0.137. The Labute approximate surface area is 156 Å². The highest BCUT2D eigenvalue weighted by Crippen LogP contribution is 2.31. The van der Waals surface area contributed by atoms with Crippen LogP contribution in [-0.4, -0.2) is 16.1 Å². The van der Waals surface area contributed by atoms with Gasteiger partial charge in [0.05, 0.1) is 21.9 Å².